The van der Waals surface area contributed by atoms with Gasteiger partial charge in [-0.3, -0.25) is 4.90 Å². The number of ether oxygens (including phenoxy) is 1. The fraction of sp³-hybridized carbons (Fsp3) is 0.588. The van der Waals surface area contributed by atoms with Gasteiger partial charge < -0.3 is 10.1 Å². The Morgan fingerprint density at radius 1 is 1.38 bits per heavy atom. The maximum Gasteiger partial charge on any atom is 0.337 e. The van der Waals surface area contributed by atoms with Crippen molar-refractivity contribution < 1.29 is 9.53 Å². The second kappa shape index (κ2) is 8.15. The minimum Gasteiger partial charge on any atom is -0.465 e. The van der Waals surface area contributed by atoms with E-state index >= 15 is 0 Å². The lowest BCUT2D eigenvalue weighted by Gasteiger charge is -2.29. The van der Waals surface area contributed by atoms with E-state index in [1.165, 1.54) is 25.5 Å². The predicted molar refractivity (Wildman–Crippen MR) is 84.3 cm³/mol. The van der Waals surface area contributed by atoms with Crippen molar-refractivity contribution in [1.29, 1.82) is 0 Å². The second-order valence-electron chi connectivity index (χ2n) is 5.71. The Balaban J connectivity index is 1.95. The molecule has 21 heavy (non-hydrogen) atoms. The van der Waals surface area contributed by atoms with Gasteiger partial charge in [0.2, 0.25) is 0 Å². The summed E-state index contributed by atoms with van der Waals surface area (Å²) in [5, 5.41) is 3.41. The number of carbonyl (C=O) groups excluding carboxylic acids is 1. The summed E-state index contributed by atoms with van der Waals surface area (Å²) in [7, 11) is 1.42. The summed E-state index contributed by atoms with van der Waals surface area (Å²) in [5.74, 6) is 0.522. The average Bonchev–Trinajstić information content (AvgIpc) is 2.54. The van der Waals surface area contributed by atoms with Gasteiger partial charge in [-0.1, -0.05) is 19.1 Å². The zero-order valence-electron chi connectivity index (χ0n) is 13.1. The first-order valence-corrected chi connectivity index (χ1v) is 7.83. The van der Waals surface area contributed by atoms with E-state index in [0.29, 0.717) is 5.56 Å². The van der Waals surface area contributed by atoms with Crippen LogP contribution in [-0.2, 0) is 11.3 Å². The van der Waals surface area contributed by atoms with Crippen LogP contribution in [0.2, 0.25) is 0 Å². The molecule has 0 spiro atoms. The normalized spacial score (nSPS) is 16.1. The fourth-order valence-electron chi connectivity index (χ4n) is 2.91. The molecular weight excluding hydrogens is 264 g/mol. The van der Waals surface area contributed by atoms with Gasteiger partial charge in [-0.2, -0.15) is 0 Å². The lowest BCUT2D eigenvalue weighted by Crippen LogP contribution is -2.35. The molecule has 116 valence electrons. The standard InChI is InChI=1S/C17H26N2O2/c1-3-19(12-14-7-9-18-10-8-14)13-15-5-4-6-16(11-15)17(20)21-2/h4-6,11,14,18H,3,7-10,12-13H2,1-2H3. The number of rotatable bonds is 6. The molecule has 1 N–H and O–H groups in total. The largest absolute Gasteiger partial charge is 0.465 e. The Morgan fingerprint density at radius 2 is 2.14 bits per heavy atom. The van der Waals surface area contributed by atoms with Gasteiger partial charge in [-0.25, -0.2) is 4.79 Å². The highest BCUT2D eigenvalue weighted by Gasteiger charge is 2.16. The van der Waals surface area contributed by atoms with Gasteiger partial charge in [-0.05, 0) is 56.1 Å². The van der Waals surface area contributed by atoms with Gasteiger partial charge >= 0.3 is 5.97 Å². The molecular formula is C17H26N2O2. The number of hydrogen-bond acceptors (Lipinski definition) is 4. The molecule has 1 aliphatic rings. The van der Waals surface area contributed by atoms with Gasteiger partial charge in [0, 0.05) is 13.1 Å². The van der Waals surface area contributed by atoms with Crippen LogP contribution in [0.4, 0.5) is 0 Å². The van der Waals surface area contributed by atoms with Crippen molar-refractivity contribution in [3.63, 3.8) is 0 Å². The molecule has 1 aliphatic heterocycles. The van der Waals surface area contributed by atoms with Gasteiger partial charge in [0.25, 0.3) is 0 Å². The predicted octanol–water partition coefficient (Wildman–Crippen LogP) is 2.29. The second-order valence-corrected chi connectivity index (χ2v) is 5.71. The number of hydrogen-bond donors (Lipinski definition) is 1. The first-order chi connectivity index (χ1) is 10.2. The number of nitrogens with one attached hydrogen (secondary N) is 1. The van der Waals surface area contributed by atoms with Crippen molar-refractivity contribution in [2.24, 2.45) is 5.92 Å². The average molecular weight is 290 g/mol. The molecule has 1 saturated heterocycles. The van der Waals surface area contributed by atoms with Crippen molar-refractivity contribution in [2.45, 2.75) is 26.3 Å². The molecule has 2 rings (SSSR count). The van der Waals surface area contributed by atoms with Crippen molar-refractivity contribution in [1.82, 2.24) is 10.2 Å². The quantitative estimate of drug-likeness (QED) is 0.816. The molecule has 0 amide bonds. The van der Waals surface area contributed by atoms with Gasteiger partial charge in [-0.15, -0.1) is 0 Å². The Morgan fingerprint density at radius 3 is 2.81 bits per heavy atom. The molecule has 0 aliphatic carbocycles. The van der Waals surface area contributed by atoms with Crippen molar-refractivity contribution >= 4 is 5.97 Å². The molecule has 0 aromatic heterocycles. The number of piperidine rings is 1. The summed E-state index contributed by atoms with van der Waals surface area (Å²) in [6, 6.07) is 7.76. The first-order valence-electron chi connectivity index (χ1n) is 7.83. The van der Waals surface area contributed by atoms with Crippen LogP contribution in [0, 0.1) is 5.92 Å². The van der Waals surface area contributed by atoms with Crippen LogP contribution in [0.5, 0.6) is 0 Å². The van der Waals surface area contributed by atoms with Crippen molar-refractivity contribution in [3.8, 4) is 0 Å². The summed E-state index contributed by atoms with van der Waals surface area (Å²) in [4.78, 5) is 14.1. The van der Waals surface area contributed by atoms with Crippen LogP contribution in [-0.4, -0.2) is 44.2 Å². The van der Waals surface area contributed by atoms with E-state index in [1.54, 1.807) is 6.07 Å². The van der Waals surface area contributed by atoms with Crippen molar-refractivity contribution in [3.05, 3.63) is 35.4 Å². The molecule has 0 unspecified atom stereocenters. The van der Waals surface area contributed by atoms with Crippen LogP contribution < -0.4 is 5.32 Å². The van der Waals surface area contributed by atoms with Gasteiger partial charge in [0.1, 0.15) is 0 Å². The monoisotopic (exact) mass is 290 g/mol. The maximum atomic E-state index is 11.6. The molecule has 0 atom stereocenters. The minimum atomic E-state index is -0.266. The Kier molecular flexibility index (Phi) is 6.21. The SMILES string of the molecule is CCN(Cc1cccc(C(=O)OC)c1)CC1CCNCC1. The number of benzene rings is 1. The van der Waals surface area contributed by atoms with Crippen LogP contribution in [0.3, 0.4) is 0 Å². The summed E-state index contributed by atoms with van der Waals surface area (Å²) in [6.45, 7) is 7.55. The molecule has 0 bridgehead atoms. The van der Waals surface area contributed by atoms with Crippen LogP contribution in [0.1, 0.15) is 35.7 Å². The summed E-state index contributed by atoms with van der Waals surface area (Å²) >= 11 is 0. The summed E-state index contributed by atoms with van der Waals surface area (Å²) in [5.41, 5.74) is 1.81. The van der Waals surface area contributed by atoms with E-state index < -0.39 is 0 Å². The third-order valence-corrected chi connectivity index (χ3v) is 4.18. The van der Waals surface area contributed by atoms with Gasteiger partial charge in [0.15, 0.2) is 0 Å². The molecule has 1 fully saturated rings. The number of methoxy groups -OCH3 is 1. The smallest absolute Gasteiger partial charge is 0.337 e. The Hall–Kier alpha value is -1.39. The number of nitrogens with zero attached hydrogens (tertiary/aromatic N) is 1. The number of esters is 1. The number of carbonyl (C=O) groups is 1. The molecule has 1 heterocycles. The van der Waals surface area contributed by atoms with E-state index in [0.717, 1.165) is 38.6 Å². The third kappa shape index (κ3) is 4.83. The Labute approximate surface area is 127 Å². The van der Waals surface area contributed by atoms with Crippen LogP contribution >= 0.6 is 0 Å². The molecule has 4 nitrogen and oxygen atoms in total. The van der Waals surface area contributed by atoms with Gasteiger partial charge in [0.05, 0.1) is 12.7 Å². The highest BCUT2D eigenvalue weighted by atomic mass is 16.5. The first kappa shape index (κ1) is 16.0. The van der Waals surface area contributed by atoms with E-state index in [9.17, 15) is 4.79 Å². The lowest BCUT2D eigenvalue weighted by atomic mass is 9.97. The van der Waals surface area contributed by atoms with Crippen LogP contribution in [0.15, 0.2) is 24.3 Å². The van der Waals surface area contributed by atoms with E-state index in [2.05, 4.69) is 23.2 Å². The summed E-state index contributed by atoms with van der Waals surface area (Å²) in [6.07, 6.45) is 2.53. The fourth-order valence-corrected chi connectivity index (χ4v) is 2.91. The lowest BCUT2D eigenvalue weighted by molar-refractivity contribution is 0.0600. The van der Waals surface area contributed by atoms with E-state index in [-0.39, 0.29) is 5.97 Å². The summed E-state index contributed by atoms with van der Waals surface area (Å²) < 4.78 is 4.78. The van der Waals surface area contributed by atoms with E-state index in [1.807, 2.05) is 12.1 Å². The van der Waals surface area contributed by atoms with Crippen molar-refractivity contribution in [2.75, 3.05) is 33.3 Å². The molecule has 0 saturated carbocycles. The highest BCUT2D eigenvalue weighted by molar-refractivity contribution is 5.89. The zero-order chi connectivity index (χ0) is 15.1. The Bertz CT molecular complexity index is 456. The molecule has 0 radical (unpaired) electrons. The maximum absolute atomic E-state index is 11.6. The van der Waals surface area contributed by atoms with E-state index in [4.69, 9.17) is 4.74 Å². The van der Waals surface area contributed by atoms with Crippen LogP contribution in [0.25, 0.3) is 0 Å². The minimum absolute atomic E-state index is 0.266. The molecule has 1 aromatic carbocycles. The molecule has 1 aromatic rings. The zero-order valence-corrected chi connectivity index (χ0v) is 13.1. The highest BCUT2D eigenvalue weighted by Crippen LogP contribution is 2.16. The topological polar surface area (TPSA) is 41.6 Å². The molecule has 4 heteroatoms. The third-order valence-electron chi connectivity index (χ3n) is 4.18.